The summed E-state index contributed by atoms with van der Waals surface area (Å²) in [6.45, 7) is 2.63. The number of amides is 2. The first-order valence-corrected chi connectivity index (χ1v) is 14.7. The van der Waals surface area contributed by atoms with Crippen molar-refractivity contribution in [1.29, 1.82) is 0 Å². The van der Waals surface area contributed by atoms with Crippen LogP contribution in [-0.4, -0.2) is 62.9 Å². The van der Waals surface area contributed by atoms with Gasteiger partial charge in [0, 0.05) is 18.2 Å². The third-order valence-electron chi connectivity index (χ3n) is 6.85. The van der Waals surface area contributed by atoms with Crippen LogP contribution in [0.15, 0.2) is 48.5 Å². The highest BCUT2D eigenvalue weighted by Crippen LogP contribution is 2.22. The number of hydrogen-bond acceptors (Lipinski definition) is 6. The predicted octanol–water partition coefficient (Wildman–Crippen LogP) is 3.53. The fourth-order valence-electron chi connectivity index (χ4n) is 4.57. The molecule has 1 fully saturated rings. The molecule has 0 spiro atoms. The second-order valence-corrected chi connectivity index (χ2v) is 11.7. The molecule has 0 bridgehead atoms. The average Bonchev–Trinajstić information content (AvgIpc) is 2.90. The first kappa shape index (κ1) is 29.2. The molecule has 0 radical (unpaired) electrons. The van der Waals surface area contributed by atoms with Crippen LogP contribution in [0.3, 0.4) is 0 Å². The predicted molar refractivity (Wildman–Crippen MR) is 147 cm³/mol. The zero-order valence-electron chi connectivity index (χ0n) is 22.5. The monoisotopic (exact) mass is 543 g/mol. The number of ether oxygens (including phenoxy) is 1. The number of nitrogens with zero attached hydrogens (tertiary/aromatic N) is 2. The van der Waals surface area contributed by atoms with Crippen molar-refractivity contribution >= 4 is 33.3 Å². The molecule has 2 aromatic rings. The maximum atomic E-state index is 13.7. The molecule has 0 unspecified atom stereocenters. The molecule has 1 aliphatic rings. The molecule has 0 heterocycles. The molecule has 0 aliphatic heterocycles. The molecule has 0 saturated heterocycles. The van der Waals surface area contributed by atoms with Gasteiger partial charge >= 0.3 is 0 Å². The lowest BCUT2D eigenvalue weighted by molar-refractivity contribution is -0.139. The second kappa shape index (κ2) is 12.9. The Hall–Kier alpha value is -3.40. The molecule has 206 valence electrons. The third kappa shape index (κ3) is 7.80. The summed E-state index contributed by atoms with van der Waals surface area (Å²) >= 11 is 0. The smallest absolute Gasteiger partial charge is 0.244 e. The van der Waals surface area contributed by atoms with E-state index in [2.05, 4.69) is 5.32 Å². The van der Waals surface area contributed by atoms with E-state index in [9.17, 15) is 22.8 Å². The molecular weight excluding hydrogens is 506 g/mol. The van der Waals surface area contributed by atoms with E-state index in [1.165, 1.54) is 24.0 Å². The van der Waals surface area contributed by atoms with Crippen molar-refractivity contribution < 1.29 is 27.5 Å². The Balaban J connectivity index is 1.89. The number of Topliss-reactive ketones (excluding diaryl/α,β-unsaturated/α-hetero) is 1. The van der Waals surface area contributed by atoms with Crippen molar-refractivity contribution in [3.63, 3.8) is 0 Å². The summed E-state index contributed by atoms with van der Waals surface area (Å²) in [5.41, 5.74) is 1.30. The molecule has 9 nitrogen and oxygen atoms in total. The quantitative estimate of drug-likeness (QED) is 0.434. The van der Waals surface area contributed by atoms with Crippen LogP contribution in [0.4, 0.5) is 5.69 Å². The van der Waals surface area contributed by atoms with Crippen molar-refractivity contribution in [3.8, 4) is 5.75 Å². The average molecular weight is 544 g/mol. The maximum absolute atomic E-state index is 13.7. The minimum absolute atomic E-state index is 0.0680. The molecule has 1 atom stereocenters. The fourth-order valence-corrected chi connectivity index (χ4v) is 5.41. The Bertz CT molecular complexity index is 1240. The van der Waals surface area contributed by atoms with Crippen LogP contribution in [0.2, 0.25) is 0 Å². The van der Waals surface area contributed by atoms with Crippen molar-refractivity contribution in [2.75, 3.05) is 24.2 Å². The molecule has 10 heteroatoms. The van der Waals surface area contributed by atoms with Gasteiger partial charge in [-0.25, -0.2) is 8.42 Å². The van der Waals surface area contributed by atoms with Crippen molar-refractivity contribution in [1.82, 2.24) is 10.2 Å². The van der Waals surface area contributed by atoms with Crippen LogP contribution in [0.25, 0.3) is 0 Å². The van der Waals surface area contributed by atoms with E-state index < -0.39 is 28.5 Å². The first-order valence-electron chi connectivity index (χ1n) is 12.8. The van der Waals surface area contributed by atoms with E-state index in [-0.39, 0.29) is 30.0 Å². The van der Waals surface area contributed by atoms with Crippen LogP contribution in [0.1, 0.15) is 61.9 Å². The molecule has 2 amide bonds. The number of hydrogen-bond donors (Lipinski definition) is 1. The highest BCUT2D eigenvalue weighted by molar-refractivity contribution is 7.92. The number of benzene rings is 2. The molecule has 2 aromatic carbocycles. The van der Waals surface area contributed by atoms with Crippen LogP contribution in [0.5, 0.6) is 5.75 Å². The Morgan fingerprint density at radius 3 is 2.29 bits per heavy atom. The van der Waals surface area contributed by atoms with Crippen LogP contribution in [-0.2, 0) is 26.2 Å². The van der Waals surface area contributed by atoms with Crippen LogP contribution in [0, 0.1) is 0 Å². The minimum atomic E-state index is -3.88. The highest BCUT2D eigenvalue weighted by Gasteiger charge is 2.31. The number of nitrogens with one attached hydrogen (secondary N) is 1. The maximum Gasteiger partial charge on any atom is 0.244 e. The zero-order valence-corrected chi connectivity index (χ0v) is 23.3. The van der Waals surface area contributed by atoms with Gasteiger partial charge in [-0.1, -0.05) is 43.5 Å². The first-order chi connectivity index (χ1) is 18.0. The molecule has 1 aliphatic carbocycles. The van der Waals surface area contributed by atoms with Gasteiger partial charge in [-0.2, -0.15) is 0 Å². The standard InChI is InChI=1S/C28H37N3O6S/c1-20(28(34)29-24-10-6-5-7-11-24)30(18-22-13-15-26(37-3)16-14-22)27(33)19-31(38(4,35)36)25-12-8-9-23(17-25)21(2)32/h8-9,12-17,20,24H,5-7,10-11,18-19H2,1-4H3,(H,29,34)/t20-/m0/s1. The normalized spacial score (nSPS) is 14.8. The summed E-state index contributed by atoms with van der Waals surface area (Å²) < 4.78 is 31.7. The van der Waals surface area contributed by atoms with Crippen LogP contribution >= 0.6 is 0 Å². The fraction of sp³-hybridized carbons (Fsp3) is 0.464. The van der Waals surface area contributed by atoms with Gasteiger partial charge in [0.1, 0.15) is 18.3 Å². The number of carbonyl (C=O) groups is 3. The summed E-state index contributed by atoms with van der Waals surface area (Å²) in [5, 5.41) is 3.07. The lowest BCUT2D eigenvalue weighted by Gasteiger charge is -2.33. The van der Waals surface area contributed by atoms with Gasteiger partial charge in [0.15, 0.2) is 5.78 Å². The Kier molecular flexibility index (Phi) is 9.90. The van der Waals surface area contributed by atoms with E-state index in [1.54, 1.807) is 50.4 Å². The van der Waals surface area contributed by atoms with Gasteiger partial charge in [-0.3, -0.25) is 18.7 Å². The van der Waals surface area contributed by atoms with E-state index in [1.807, 2.05) is 0 Å². The highest BCUT2D eigenvalue weighted by atomic mass is 32.2. The molecule has 1 N–H and O–H groups in total. The molecule has 1 saturated carbocycles. The number of anilines is 1. The summed E-state index contributed by atoms with van der Waals surface area (Å²) in [6, 6.07) is 12.5. The molecule has 0 aromatic heterocycles. The number of sulfonamides is 1. The summed E-state index contributed by atoms with van der Waals surface area (Å²) in [4.78, 5) is 40.2. The van der Waals surface area contributed by atoms with Crippen molar-refractivity contribution in [3.05, 3.63) is 59.7 Å². The summed E-state index contributed by atoms with van der Waals surface area (Å²) in [5.74, 6) is -0.377. The number of ketones is 1. The lowest BCUT2D eigenvalue weighted by Crippen LogP contribution is -2.53. The van der Waals surface area contributed by atoms with Crippen molar-refractivity contribution in [2.24, 2.45) is 0 Å². The van der Waals surface area contributed by atoms with Crippen molar-refractivity contribution in [2.45, 2.75) is 64.6 Å². The van der Waals surface area contributed by atoms with Gasteiger partial charge < -0.3 is 15.0 Å². The van der Waals surface area contributed by atoms with Gasteiger partial charge in [0.25, 0.3) is 0 Å². The van der Waals surface area contributed by atoms with Gasteiger partial charge in [-0.15, -0.1) is 0 Å². The van der Waals surface area contributed by atoms with Gasteiger partial charge in [-0.05, 0) is 56.5 Å². The summed E-state index contributed by atoms with van der Waals surface area (Å²) in [6.07, 6.45) is 6.06. The zero-order chi connectivity index (χ0) is 27.9. The molecule has 3 rings (SSSR count). The largest absolute Gasteiger partial charge is 0.497 e. The van der Waals surface area contributed by atoms with E-state index in [4.69, 9.17) is 4.74 Å². The van der Waals surface area contributed by atoms with E-state index in [0.29, 0.717) is 11.3 Å². The lowest BCUT2D eigenvalue weighted by atomic mass is 9.95. The number of rotatable bonds is 11. The minimum Gasteiger partial charge on any atom is -0.497 e. The van der Waals surface area contributed by atoms with Gasteiger partial charge in [0.05, 0.1) is 19.1 Å². The number of methoxy groups -OCH3 is 1. The van der Waals surface area contributed by atoms with Gasteiger partial charge in [0.2, 0.25) is 21.8 Å². The SMILES string of the molecule is COc1ccc(CN(C(=O)CN(c2cccc(C(C)=O)c2)S(C)(=O)=O)[C@@H](C)C(=O)NC2CCCCC2)cc1. The van der Waals surface area contributed by atoms with E-state index in [0.717, 1.165) is 48.2 Å². The topological polar surface area (TPSA) is 113 Å². The third-order valence-corrected chi connectivity index (χ3v) is 7.99. The van der Waals surface area contributed by atoms with Crippen LogP contribution < -0.4 is 14.4 Å². The number of carbonyl (C=O) groups excluding carboxylic acids is 3. The molecular formula is C28H37N3O6S. The molecule has 38 heavy (non-hydrogen) atoms. The second-order valence-electron chi connectivity index (χ2n) is 9.77. The summed E-state index contributed by atoms with van der Waals surface area (Å²) in [7, 11) is -2.32. The Morgan fingerprint density at radius 2 is 1.71 bits per heavy atom. The Morgan fingerprint density at radius 1 is 1.05 bits per heavy atom. The Labute approximate surface area is 225 Å². The van der Waals surface area contributed by atoms with E-state index >= 15 is 0 Å².